The minimum Gasteiger partial charge on any atom is -0.288 e. The molecule has 2 heterocycles. The summed E-state index contributed by atoms with van der Waals surface area (Å²) < 4.78 is 0. The zero-order chi connectivity index (χ0) is 8.67. The third-order valence-corrected chi connectivity index (χ3v) is 2.37. The molecule has 2 nitrogen and oxygen atoms in total. The maximum Gasteiger partial charge on any atom is 0.0713 e. The van der Waals surface area contributed by atoms with Gasteiger partial charge in [-0.25, -0.2) is 4.99 Å². The van der Waals surface area contributed by atoms with Crippen molar-refractivity contribution in [1.29, 1.82) is 0 Å². The molecule has 0 unspecified atom stereocenters. The van der Waals surface area contributed by atoms with Crippen molar-refractivity contribution in [3.8, 4) is 0 Å². The topological polar surface area (TPSA) is 24.7 Å². The van der Waals surface area contributed by atoms with Crippen LogP contribution in [0.5, 0.6) is 0 Å². The number of rotatable bonds is 0. The van der Waals surface area contributed by atoms with Gasteiger partial charge in [0, 0.05) is 17.0 Å². The van der Waals surface area contributed by atoms with E-state index in [-0.39, 0.29) is 0 Å². The molecule has 0 fully saturated rings. The van der Waals surface area contributed by atoms with E-state index in [1.165, 1.54) is 10.8 Å². The number of allylic oxidation sites excluding steroid dienone is 1. The van der Waals surface area contributed by atoms with Crippen molar-refractivity contribution in [2.45, 2.75) is 0 Å². The summed E-state index contributed by atoms with van der Waals surface area (Å²) in [5.41, 5.74) is 2.34. The van der Waals surface area contributed by atoms with E-state index >= 15 is 0 Å². The molecule has 3 rings (SSSR count). The minimum atomic E-state index is 0.770. The Bertz CT molecular complexity index is 535. The molecule has 1 aromatic rings. The Kier molecular flexibility index (Phi) is 1.25. The van der Waals surface area contributed by atoms with Crippen molar-refractivity contribution in [3.63, 3.8) is 0 Å². The summed E-state index contributed by atoms with van der Waals surface area (Å²) in [6.45, 7) is 0.770. The van der Waals surface area contributed by atoms with E-state index in [9.17, 15) is 0 Å². The molecule has 13 heavy (non-hydrogen) atoms. The second-order valence-corrected chi connectivity index (χ2v) is 3.15. The second-order valence-electron chi connectivity index (χ2n) is 3.15. The van der Waals surface area contributed by atoms with E-state index in [0.29, 0.717) is 0 Å². The first kappa shape index (κ1) is 6.78. The zero-order valence-corrected chi connectivity index (χ0v) is 7.07. The number of hydrogen-bond donors (Lipinski definition) is 0. The fourth-order valence-corrected chi connectivity index (χ4v) is 1.73. The largest absolute Gasteiger partial charge is 0.288 e. The van der Waals surface area contributed by atoms with Gasteiger partial charge >= 0.3 is 0 Å². The Labute approximate surface area is 75.7 Å². The van der Waals surface area contributed by atoms with Gasteiger partial charge in [-0.15, -0.1) is 0 Å². The van der Waals surface area contributed by atoms with Crippen LogP contribution in [0.1, 0.15) is 0 Å². The molecule has 0 aliphatic carbocycles. The van der Waals surface area contributed by atoms with E-state index in [4.69, 9.17) is 0 Å². The van der Waals surface area contributed by atoms with Gasteiger partial charge in [0.1, 0.15) is 0 Å². The number of hydrogen-bond acceptors (Lipinski definition) is 2. The molecule has 0 saturated carbocycles. The number of para-hydroxylation sites is 1. The summed E-state index contributed by atoms with van der Waals surface area (Å²) in [4.78, 5) is 8.73. The Morgan fingerprint density at radius 1 is 1.15 bits per heavy atom. The number of fused-ring (bicyclic) bond motifs is 2. The normalized spacial score (nSPS) is 17.5. The Balaban J connectivity index is 2.46. The molecule has 2 heteroatoms. The monoisotopic (exact) mass is 168 g/mol. The molecule has 0 radical (unpaired) electrons. The molecule has 2 aliphatic heterocycles. The zero-order valence-electron chi connectivity index (χ0n) is 7.07. The average Bonchev–Trinajstić information content (AvgIpc) is 2.56. The lowest BCUT2D eigenvalue weighted by atomic mass is 10.1. The van der Waals surface area contributed by atoms with Crippen molar-refractivity contribution in [2.24, 2.45) is 9.98 Å². The molecule has 0 aromatic heterocycles. The fraction of sp³-hybridized carbons (Fsp3) is 0.0909. The van der Waals surface area contributed by atoms with Gasteiger partial charge in [-0.2, -0.15) is 0 Å². The fourth-order valence-electron chi connectivity index (χ4n) is 1.73. The van der Waals surface area contributed by atoms with Gasteiger partial charge in [0.2, 0.25) is 0 Å². The van der Waals surface area contributed by atoms with Crippen LogP contribution < -0.4 is 10.6 Å². The summed E-state index contributed by atoms with van der Waals surface area (Å²) in [7, 11) is 0. The molecule has 0 saturated heterocycles. The third kappa shape index (κ3) is 0.886. The highest BCUT2D eigenvalue weighted by Crippen LogP contribution is 2.15. The van der Waals surface area contributed by atoms with Gasteiger partial charge in [0.25, 0.3) is 0 Å². The first-order valence-electron chi connectivity index (χ1n) is 4.32. The first-order valence-corrected chi connectivity index (χ1v) is 4.32. The molecule has 0 amide bonds. The van der Waals surface area contributed by atoms with Crippen LogP contribution in [0.3, 0.4) is 0 Å². The van der Waals surface area contributed by atoms with Crippen molar-refractivity contribution in [3.05, 3.63) is 46.6 Å². The summed E-state index contributed by atoms with van der Waals surface area (Å²) >= 11 is 0. The smallest absolute Gasteiger partial charge is 0.0713 e. The lowest BCUT2D eigenvalue weighted by molar-refractivity contribution is 1.22. The lowest BCUT2D eigenvalue weighted by Gasteiger charge is -2.02. The average molecular weight is 168 g/mol. The summed E-state index contributed by atoms with van der Waals surface area (Å²) in [6, 6.07) is 8.21. The van der Waals surface area contributed by atoms with Crippen LogP contribution in [-0.2, 0) is 0 Å². The van der Waals surface area contributed by atoms with Crippen LogP contribution in [0.15, 0.2) is 46.0 Å². The van der Waals surface area contributed by atoms with Gasteiger partial charge < -0.3 is 0 Å². The van der Waals surface area contributed by atoms with Gasteiger partial charge in [-0.05, 0) is 12.1 Å². The predicted octanol–water partition coefficient (Wildman–Crippen LogP) is 0.439. The van der Waals surface area contributed by atoms with Crippen molar-refractivity contribution in [1.82, 2.24) is 0 Å². The molecule has 0 bridgehead atoms. The molecule has 0 spiro atoms. The first-order chi connectivity index (χ1) is 6.45. The Hall–Kier alpha value is -1.70. The highest BCUT2D eigenvalue weighted by atomic mass is 14.8. The summed E-state index contributed by atoms with van der Waals surface area (Å²) in [5, 5.41) is 2.32. The second kappa shape index (κ2) is 2.39. The number of benzene rings is 1. The van der Waals surface area contributed by atoms with E-state index in [2.05, 4.69) is 16.1 Å². The Morgan fingerprint density at radius 3 is 3.08 bits per heavy atom. The third-order valence-electron chi connectivity index (χ3n) is 2.37. The van der Waals surface area contributed by atoms with Crippen molar-refractivity contribution < 1.29 is 0 Å². The van der Waals surface area contributed by atoms with E-state index < -0.39 is 0 Å². The van der Waals surface area contributed by atoms with E-state index in [1.54, 1.807) is 0 Å². The summed E-state index contributed by atoms with van der Waals surface area (Å²) in [6.07, 6.45) is 3.80. The van der Waals surface area contributed by atoms with Gasteiger partial charge in [0.05, 0.1) is 17.6 Å². The molecular weight excluding hydrogens is 160 g/mol. The minimum absolute atomic E-state index is 0.770. The van der Waals surface area contributed by atoms with Gasteiger partial charge in [0.15, 0.2) is 0 Å². The number of dihydropyridines is 1. The van der Waals surface area contributed by atoms with Crippen LogP contribution in [-0.4, -0.2) is 12.8 Å². The maximum atomic E-state index is 4.51. The molecular formula is C11H8N2. The van der Waals surface area contributed by atoms with Crippen LogP contribution in [0.4, 0.5) is 0 Å². The van der Waals surface area contributed by atoms with Gasteiger partial charge in [-0.3, -0.25) is 4.99 Å². The van der Waals surface area contributed by atoms with Crippen LogP contribution in [0, 0.1) is 0 Å². The molecule has 2 aliphatic rings. The molecule has 62 valence electrons. The van der Waals surface area contributed by atoms with E-state index in [1.807, 2.05) is 30.5 Å². The van der Waals surface area contributed by atoms with Crippen LogP contribution in [0.25, 0.3) is 5.57 Å². The molecule has 0 atom stereocenters. The predicted molar refractivity (Wildman–Crippen MR) is 52.1 cm³/mol. The highest BCUT2D eigenvalue weighted by molar-refractivity contribution is 5.84. The van der Waals surface area contributed by atoms with Crippen molar-refractivity contribution in [2.75, 3.05) is 6.54 Å². The SMILES string of the molecule is C1=NCC2=c3ccccc3=NC2=C1. The number of nitrogens with zero attached hydrogens (tertiary/aromatic N) is 2. The highest BCUT2D eigenvalue weighted by Gasteiger charge is 2.12. The quantitative estimate of drug-likeness (QED) is 0.537. The van der Waals surface area contributed by atoms with E-state index in [0.717, 1.165) is 17.6 Å². The maximum absolute atomic E-state index is 4.51. The molecule has 0 N–H and O–H groups in total. The van der Waals surface area contributed by atoms with Crippen LogP contribution in [0.2, 0.25) is 0 Å². The standard InChI is InChI=1S/C11H8N2/c1-2-4-10-8(3-1)9-7-12-6-5-11(9)13-10/h1-6H,7H2. The number of aliphatic imine (C=N–C) groups is 1. The van der Waals surface area contributed by atoms with Gasteiger partial charge in [-0.1, -0.05) is 18.2 Å². The van der Waals surface area contributed by atoms with Crippen molar-refractivity contribution >= 4 is 11.8 Å². The Morgan fingerprint density at radius 2 is 2.08 bits per heavy atom. The van der Waals surface area contributed by atoms with Crippen LogP contribution >= 0.6 is 0 Å². The lowest BCUT2D eigenvalue weighted by Crippen LogP contribution is -2.22. The molecule has 1 aromatic carbocycles. The summed E-state index contributed by atoms with van der Waals surface area (Å²) in [5.74, 6) is 0.